The lowest BCUT2D eigenvalue weighted by Crippen LogP contribution is -2.41. The quantitative estimate of drug-likeness (QED) is 0.661. The molecule has 1 aliphatic rings. The summed E-state index contributed by atoms with van der Waals surface area (Å²) in [6.07, 6.45) is 1.32. The van der Waals surface area contributed by atoms with E-state index < -0.39 is 5.60 Å². The van der Waals surface area contributed by atoms with Crippen molar-refractivity contribution in [3.8, 4) is 6.07 Å². The van der Waals surface area contributed by atoms with Crippen LogP contribution in [0.25, 0.3) is 0 Å². The lowest BCUT2D eigenvalue weighted by atomic mass is 9.93. The third kappa shape index (κ3) is 3.88. The molecule has 1 N–H and O–H groups in total. The molecule has 4 nitrogen and oxygen atoms in total. The molecule has 1 rings (SSSR count). The molecule has 0 unspecified atom stereocenters. The first-order valence-corrected chi connectivity index (χ1v) is 5.28. The Bertz CT molecular complexity index is 275. The zero-order chi connectivity index (χ0) is 11.5. The predicted molar refractivity (Wildman–Crippen MR) is 56.0 cm³/mol. The number of rotatable bonds is 1. The average molecular weight is 210 g/mol. The number of carbonyl (C=O) groups excluding carboxylic acids is 1. The van der Waals surface area contributed by atoms with Crippen LogP contribution in [0.1, 0.15) is 33.6 Å². The van der Waals surface area contributed by atoms with Crippen LogP contribution in [0.15, 0.2) is 0 Å². The van der Waals surface area contributed by atoms with Gasteiger partial charge in [-0.15, -0.1) is 0 Å². The number of nitrogens with zero attached hydrogens (tertiary/aromatic N) is 1. The molecule has 1 saturated heterocycles. The van der Waals surface area contributed by atoms with Gasteiger partial charge in [-0.25, -0.2) is 0 Å². The van der Waals surface area contributed by atoms with Gasteiger partial charge in [-0.1, -0.05) is 0 Å². The first-order chi connectivity index (χ1) is 6.92. The fraction of sp³-hybridized carbons (Fsp3) is 0.818. The van der Waals surface area contributed by atoms with E-state index in [1.54, 1.807) is 0 Å². The van der Waals surface area contributed by atoms with Crippen molar-refractivity contribution < 1.29 is 9.53 Å². The molecule has 0 aliphatic carbocycles. The van der Waals surface area contributed by atoms with E-state index in [9.17, 15) is 4.79 Å². The Morgan fingerprint density at radius 3 is 2.73 bits per heavy atom. The zero-order valence-electron chi connectivity index (χ0n) is 9.54. The van der Waals surface area contributed by atoms with Gasteiger partial charge in [0, 0.05) is 0 Å². The van der Waals surface area contributed by atoms with Gasteiger partial charge in [-0.3, -0.25) is 4.79 Å². The summed E-state index contributed by atoms with van der Waals surface area (Å²) < 4.78 is 5.29. The first-order valence-electron chi connectivity index (χ1n) is 5.28. The van der Waals surface area contributed by atoms with E-state index in [2.05, 4.69) is 11.4 Å². The van der Waals surface area contributed by atoms with Crippen molar-refractivity contribution in [3.63, 3.8) is 0 Å². The van der Waals surface area contributed by atoms with Crippen molar-refractivity contribution in [2.24, 2.45) is 5.92 Å². The minimum Gasteiger partial charge on any atom is -0.460 e. The third-order valence-corrected chi connectivity index (χ3v) is 2.30. The number of esters is 1. The maximum absolute atomic E-state index is 11.7. The van der Waals surface area contributed by atoms with E-state index in [1.807, 2.05) is 20.8 Å². The zero-order valence-corrected chi connectivity index (χ0v) is 9.54. The molecule has 4 heteroatoms. The highest BCUT2D eigenvalue weighted by atomic mass is 16.6. The van der Waals surface area contributed by atoms with Gasteiger partial charge < -0.3 is 10.1 Å². The van der Waals surface area contributed by atoms with Gasteiger partial charge in [0.05, 0.1) is 18.0 Å². The van der Waals surface area contributed by atoms with Crippen LogP contribution < -0.4 is 5.32 Å². The molecule has 1 fully saturated rings. The normalized spacial score (nSPS) is 26.8. The minimum absolute atomic E-state index is 0.130. The molecular formula is C11H18N2O2. The van der Waals surface area contributed by atoms with Crippen LogP contribution in [0.3, 0.4) is 0 Å². The second-order valence-corrected chi connectivity index (χ2v) is 4.89. The summed E-state index contributed by atoms with van der Waals surface area (Å²) in [5, 5.41) is 11.8. The number of hydrogen-bond acceptors (Lipinski definition) is 4. The SMILES string of the molecule is CC(C)(C)OC(=O)[C@H]1CCN[C@@H](C#N)C1. The van der Waals surface area contributed by atoms with Gasteiger partial charge in [0.1, 0.15) is 5.60 Å². The molecule has 1 aliphatic heterocycles. The molecule has 0 aromatic rings. The number of nitriles is 1. The summed E-state index contributed by atoms with van der Waals surface area (Å²) >= 11 is 0. The van der Waals surface area contributed by atoms with Crippen molar-refractivity contribution >= 4 is 5.97 Å². The standard InChI is InChI=1S/C11H18N2O2/c1-11(2,3)15-10(14)8-4-5-13-9(6-8)7-12/h8-9,13H,4-6H2,1-3H3/t8-,9+/m0/s1. The van der Waals surface area contributed by atoms with Crippen LogP contribution in [-0.2, 0) is 9.53 Å². The van der Waals surface area contributed by atoms with Gasteiger partial charge in [0.15, 0.2) is 0 Å². The highest BCUT2D eigenvalue weighted by Gasteiger charge is 2.30. The molecule has 2 atom stereocenters. The summed E-state index contributed by atoms with van der Waals surface area (Å²) in [5.41, 5.74) is -0.440. The molecular weight excluding hydrogens is 192 g/mol. The fourth-order valence-corrected chi connectivity index (χ4v) is 1.62. The monoisotopic (exact) mass is 210 g/mol. The van der Waals surface area contributed by atoms with Crippen molar-refractivity contribution in [2.45, 2.75) is 45.3 Å². The average Bonchev–Trinajstić information content (AvgIpc) is 2.15. The van der Waals surface area contributed by atoms with Gasteiger partial charge in [0.2, 0.25) is 0 Å². The van der Waals surface area contributed by atoms with Crippen LogP contribution in [-0.4, -0.2) is 24.2 Å². The molecule has 15 heavy (non-hydrogen) atoms. The van der Waals surface area contributed by atoms with E-state index in [4.69, 9.17) is 10.00 Å². The van der Waals surface area contributed by atoms with E-state index in [1.165, 1.54) is 0 Å². The van der Waals surface area contributed by atoms with Gasteiger partial charge in [-0.05, 0) is 40.2 Å². The van der Waals surface area contributed by atoms with Crippen molar-refractivity contribution in [3.05, 3.63) is 0 Å². The van der Waals surface area contributed by atoms with E-state index >= 15 is 0 Å². The molecule has 0 aromatic heterocycles. The number of carbonyl (C=O) groups is 1. The van der Waals surface area contributed by atoms with Crippen LogP contribution in [0.4, 0.5) is 0 Å². The second kappa shape index (κ2) is 4.63. The topological polar surface area (TPSA) is 62.1 Å². The van der Waals surface area contributed by atoms with Gasteiger partial charge >= 0.3 is 5.97 Å². The largest absolute Gasteiger partial charge is 0.460 e. The number of nitrogens with one attached hydrogen (secondary N) is 1. The van der Waals surface area contributed by atoms with E-state index in [-0.39, 0.29) is 17.9 Å². The van der Waals surface area contributed by atoms with E-state index in [0.717, 1.165) is 6.42 Å². The van der Waals surface area contributed by atoms with Crippen molar-refractivity contribution in [1.82, 2.24) is 5.32 Å². The van der Waals surface area contributed by atoms with E-state index in [0.29, 0.717) is 13.0 Å². The molecule has 0 amide bonds. The van der Waals surface area contributed by atoms with Crippen molar-refractivity contribution in [2.75, 3.05) is 6.54 Å². The summed E-state index contributed by atoms with van der Waals surface area (Å²) in [5.74, 6) is -0.306. The highest BCUT2D eigenvalue weighted by Crippen LogP contribution is 2.20. The van der Waals surface area contributed by atoms with Crippen molar-refractivity contribution in [1.29, 1.82) is 5.26 Å². The van der Waals surface area contributed by atoms with Crippen LogP contribution >= 0.6 is 0 Å². The Labute approximate surface area is 90.6 Å². The first kappa shape index (κ1) is 12.0. The number of piperidine rings is 1. The smallest absolute Gasteiger partial charge is 0.309 e. The van der Waals surface area contributed by atoms with Gasteiger partial charge in [0.25, 0.3) is 0 Å². The Kier molecular flexibility index (Phi) is 3.70. The summed E-state index contributed by atoms with van der Waals surface area (Å²) in [4.78, 5) is 11.7. The molecule has 1 heterocycles. The summed E-state index contributed by atoms with van der Waals surface area (Å²) in [6, 6.07) is 1.92. The number of hydrogen-bond donors (Lipinski definition) is 1. The summed E-state index contributed by atoms with van der Waals surface area (Å²) in [7, 11) is 0. The summed E-state index contributed by atoms with van der Waals surface area (Å²) in [6.45, 7) is 6.28. The third-order valence-electron chi connectivity index (χ3n) is 2.30. The Hall–Kier alpha value is -1.08. The lowest BCUT2D eigenvalue weighted by Gasteiger charge is -2.28. The van der Waals surface area contributed by atoms with Gasteiger partial charge in [-0.2, -0.15) is 5.26 Å². The number of ether oxygens (including phenoxy) is 1. The predicted octanol–water partition coefficient (Wildman–Crippen LogP) is 1.22. The molecule has 0 spiro atoms. The molecule has 0 saturated carbocycles. The highest BCUT2D eigenvalue weighted by molar-refractivity contribution is 5.73. The second-order valence-electron chi connectivity index (χ2n) is 4.89. The lowest BCUT2D eigenvalue weighted by molar-refractivity contribution is -0.161. The minimum atomic E-state index is -0.440. The Morgan fingerprint density at radius 2 is 2.20 bits per heavy atom. The maximum Gasteiger partial charge on any atom is 0.309 e. The van der Waals surface area contributed by atoms with Crippen LogP contribution in [0, 0.1) is 17.2 Å². The molecule has 84 valence electrons. The Morgan fingerprint density at radius 1 is 1.53 bits per heavy atom. The molecule has 0 bridgehead atoms. The molecule has 0 aromatic carbocycles. The Balaban J connectivity index is 2.50. The van der Waals surface area contributed by atoms with Crippen LogP contribution in [0.2, 0.25) is 0 Å². The van der Waals surface area contributed by atoms with Crippen LogP contribution in [0.5, 0.6) is 0 Å². The fourth-order valence-electron chi connectivity index (χ4n) is 1.62. The maximum atomic E-state index is 11.7. The molecule has 0 radical (unpaired) electrons.